The van der Waals surface area contributed by atoms with E-state index in [0.29, 0.717) is 16.9 Å². The minimum absolute atomic E-state index is 0.0985. The first-order chi connectivity index (χ1) is 28.5. The summed E-state index contributed by atoms with van der Waals surface area (Å²) in [6, 6.07) is 1.45. The molecule has 0 aliphatic rings. The molecule has 0 radical (unpaired) electrons. The Balaban J connectivity index is 2.44. The maximum atomic E-state index is 14.3. The van der Waals surface area contributed by atoms with E-state index >= 15 is 0 Å². The SMILES string of the molecule is CC(C)[C@@H](NC(=O)[C@@H](CC(=O)O)NC(=O)C(=O)Nc1ccccc1C(C)(C)C)C(=O)N(CC[C@@H](C)CC(C)(C)C)C(=O)NN(CC(=O)O)C(=O)COc1c(F)c(F)cc(F)c1F. The molecule has 342 valence electrons. The molecule has 21 heteroatoms. The van der Waals surface area contributed by atoms with Crippen LogP contribution in [-0.4, -0.2) is 99.4 Å². The van der Waals surface area contributed by atoms with Gasteiger partial charge in [-0.3, -0.25) is 38.5 Å². The first-order valence-electron chi connectivity index (χ1n) is 19.4. The summed E-state index contributed by atoms with van der Waals surface area (Å²) >= 11 is 0. The fraction of sp³-hybridized carbons (Fsp3) is 0.512. The van der Waals surface area contributed by atoms with Crippen LogP contribution in [0.15, 0.2) is 30.3 Å². The average Bonchev–Trinajstić information content (AvgIpc) is 3.13. The number of urea groups is 1. The second-order valence-electron chi connectivity index (χ2n) is 17.1. The fourth-order valence-electron chi connectivity index (χ4n) is 6.17. The van der Waals surface area contributed by atoms with Crippen molar-refractivity contribution in [2.75, 3.05) is 25.0 Å². The number of carbonyl (C=O) groups excluding carboxylic acids is 6. The second kappa shape index (κ2) is 22.0. The Kier molecular flexibility index (Phi) is 18.4. The molecule has 0 unspecified atom stereocenters. The molecule has 2 rings (SSSR count). The summed E-state index contributed by atoms with van der Waals surface area (Å²) < 4.78 is 60.5. The molecule has 0 heterocycles. The predicted molar refractivity (Wildman–Crippen MR) is 214 cm³/mol. The molecule has 6 N–H and O–H groups in total. The molecule has 0 spiro atoms. The number of nitrogens with one attached hydrogen (secondary N) is 4. The van der Waals surface area contributed by atoms with Gasteiger partial charge in [0.25, 0.3) is 11.8 Å². The Morgan fingerprint density at radius 1 is 0.806 bits per heavy atom. The highest BCUT2D eigenvalue weighted by molar-refractivity contribution is 6.40. The number of nitrogens with zero attached hydrogens (tertiary/aromatic N) is 2. The maximum absolute atomic E-state index is 14.3. The van der Waals surface area contributed by atoms with Gasteiger partial charge in [0, 0.05) is 18.3 Å². The van der Waals surface area contributed by atoms with E-state index in [1.807, 2.05) is 53.9 Å². The number of benzene rings is 2. The van der Waals surface area contributed by atoms with Crippen LogP contribution in [0.25, 0.3) is 0 Å². The highest BCUT2D eigenvalue weighted by atomic mass is 19.2. The van der Waals surface area contributed by atoms with Crippen LogP contribution in [0.4, 0.5) is 28.0 Å². The molecular formula is C41H54F4N6O11. The Hall–Kier alpha value is -6.28. The number of hydrogen-bond acceptors (Lipinski definition) is 9. The molecule has 62 heavy (non-hydrogen) atoms. The molecule has 7 amide bonds. The Bertz CT molecular complexity index is 1990. The molecule has 2 aromatic carbocycles. The third-order valence-electron chi connectivity index (χ3n) is 8.97. The number of rotatable bonds is 17. The summed E-state index contributed by atoms with van der Waals surface area (Å²) in [4.78, 5) is 105. The highest BCUT2D eigenvalue weighted by Crippen LogP contribution is 2.30. The molecule has 0 saturated carbocycles. The number of amides is 7. The molecule has 2 aromatic rings. The van der Waals surface area contributed by atoms with Crippen molar-refractivity contribution in [3.8, 4) is 5.75 Å². The van der Waals surface area contributed by atoms with Gasteiger partial charge >= 0.3 is 29.8 Å². The number of carboxylic acid groups (broad SMARTS) is 2. The van der Waals surface area contributed by atoms with Crippen LogP contribution in [0.2, 0.25) is 0 Å². The van der Waals surface area contributed by atoms with Crippen LogP contribution in [0.1, 0.15) is 87.1 Å². The van der Waals surface area contributed by atoms with Crippen LogP contribution in [0.3, 0.4) is 0 Å². The van der Waals surface area contributed by atoms with E-state index in [4.69, 9.17) is 0 Å². The van der Waals surface area contributed by atoms with Crippen LogP contribution < -0.4 is 26.1 Å². The van der Waals surface area contributed by atoms with Gasteiger partial charge in [-0.05, 0) is 47.1 Å². The fourth-order valence-corrected chi connectivity index (χ4v) is 6.17. The van der Waals surface area contributed by atoms with E-state index in [2.05, 4.69) is 20.7 Å². The minimum atomic E-state index is -2.01. The maximum Gasteiger partial charge on any atom is 0.343 e. The molecule has 0 fully saturated rings. The Morgan fingerprint density at radius 2 is 1.39 bits per heavy atom. The van der Waals surface area contributed by atoms with E-state index in [0.717, 1.165) is 0 Å². The van der Waals surface area contributed by atoms with Crippen LogP contribution >= 0.6 is 0 Å². The van der Waals surface area contributed by atoms with Crippen LogP contribution in [-0.2, 0) is 39.0 Å². The number of carbonyl (C=O) groups is 8. The van der Waals surface area contributed by atoms with Gasteiger partial charge in [-0.2, -0.15) is 8.78 Å². The zero-order valence-electron chi connectivity index (χ0n) is 35.9. The summed E-state index contributed by atoms with van der Waals surface area (Å²) in [6.45, 7) is 12.9. The topological polar surface area (TPSA) is 241 Å². The molecule has 0 bridgehead atoms. The van der Waals surface area contributed by atoms with Crippen molar-refractivity contribution in [3.63, 3.8) is 0 Å². The summed E-state index contributed by atoms with van der Waals surface area (Å²) in [5.41, 5.74) is 2.18. The molecule has 3 atom stereocenters. The van der Waals surface area contributed by atoms with Crippen molar-refractivity contribution in [3.05, 3.63) is 59.2 Å². The van der Waals surface area contributed by atoms with Crippen LogP contribution in [0, 0.1) is 40.5 Å². The van der Waals surface area contributed by atoms with Gasteiger partial charge in [0.05, 0.1) is 6.42 Å². The number of halogens is 4. The smallest absolute Gasteiger partial charge is 0.343 e. The molecular weight excluding hydrogens is 828 g/mol. The van der Waals surface area contributed by atoms with Crippen molar-refractivity contribution >= 4 is 53.2 Å². The lowest BCUT2D eigenvalue weighted by atomic mass is 9.84. The summed E-state index contributed by atoms with van der Waals surface area (Å²) in [5, 5.41) is 26.0. The number of para-hydroxylation sites is 1. The minimum Gasteiger partial charge on any atom is -0.481 e. The van der Waals surface area contributed by atoms with Gasteiger partial charge in [-0.25, -0.2) is 24.0 Å². The lowest BCUT2D eigenvalue weighted by molar-refractivity contribution is -0.147. The van der Waals surface area contributed by atoms with Gasteiger partial charge in [0.1, 0.15) is 18.6 Å². The van der Waals surface area contributed by atoms with E-state index in [1.165, 1.54) is 13.8 Å². The van der Waals surface area contributed by atoms with Crippen molar-refractivity contribution in [1.29, 1.82) is 0 Å². The summed E-state index contributed by atoms with van der Waals surface area (Å²) in [6.07, 6.45) is -0.344. The molecule has 0 saturated heterocycles. The van der Waals surface area contributed by atoms with Crippen molar-refractivity contribution in [1.82, 2.24) is 26.0 Å². The summed E-state index contributed by atoms with van der Waals surface area (Å²) in [5.74, 6) is -20.3. The zero-order chi connectivity index (χ0) is 47.4. The highest BCUT2D eigenvalue weighted by Gasteiger charge is 2.37. The monoisotopic (exact) mass is 882 g/mol. The molecule has 17 nitrogen and oxygen atoms in total. The largest absolute Gasteiger partial charge is 0.481 e. The van der Waals surface area contributed by atoms with Gasteiger partial charge in [0.2, 0.25) is 17.5 Å². The Morgan fingerprint density at radius 3 is 1.90 bits per heavy atom. The van der Waals surface area contributed by atoms with E-state index in [1.54, 1.807) is 24.3 Å². The number of ether oxygens (including phenoxy) is 1. The number of hydrazine groups is 1. The average molecular weight is 883 g/mol. The third-order valence-corrected chi connectivity index (χ3v) is 8.97. The zero-order valence-corrected chi connectivity index (χ0v) is 35.9. The van der Waals surface area contributed by atoms with Gasteiger partial charge < -0.3 is 30.9 Å². The van der Waals surface area contributed by atoms with Gasteiger partial charge in [0.15, 0.2) is 24.0 Å². The number of hydrogen-bond donors (Lipinski definition) is 6. The van der Waals surface area contributed by atoms with Crippen LogP contribution in [0.5, 0.6) is 5.75 Å². The lowest BCUT2D eigenvalue weighted by Crippen LogP contribution is -2.61. The quantitative estimate of drug-likeness (QED) is 0.0560. The van der Waals surface area contributed by atoms with Crippen molar-refractivity contribution in [2.45, 2.75) is 99.1 Å². The number of aliphatic carboxylic acids is 2. The van der Waals surface area contributed by atoms with Gasteiger partial charge in [-0.1, -0.05) is 80.5 Å². The predicted octanol–water partition coefficient (Wildman–Crippen LogP) is 4.49. The van der Waals surface area contributed by atoms with E-state index in [-0.39, 0.29) is 34.5 Å². The summed E-state index contributed by atoms with van der Waals surface area (Å²) in [7, 11) is 0. The second-order valence-corrected chi connectivity index (χ2v) is 17.1. The Labute approximate surface area is 355 Å². The number of imide groups is 1. The number of carboxylic acids is 2. The standard InChI is InChI=1S/C41H54F4N6O11/c1-21(2)33(48-35(57)27(17-29(53)54)47-37(59)36(58)46-26-13-11-10-12-23(26)41(7,8)9)38(60)50(15-14-22(3)18-40(4,5)6)39(61)49-51(19-30(55)56)28(52)20-62-34-31(44)24(42)16-25(43)32(34)45/h10-13,16,21-22,27,33H,14-15,17-20H2,1-9H3,(H,46,58)(H,47,59)(H,48,57)(H,49,61)(H,53,54)(H,55,56)/t22-,27-,33-/m1/s1. The normalized spacial score (nSPS) is 12.9. The third kappa shape index (κ3) is 15.6. The van der Waals surface area contributed by atoms with Crippen molar-refractivity contribution < 1.29 is 70.9 Å². The molecule has 0 aliphatic heterocycles. The first kappa shape index (κ1) is 51.9. The molecule has 0 aromatic heterocycles. The van der Waals surface area contributed by atoms with E-state index < -0.39 is 126 Å². The molecule has 0 aliphatic carbocycles. The first-order valence-corrected chi connectivity index (χ1v) is 19.4. The lowest BCUT2D eigenvalue weighted by Gasteiger charge is -2.32. The van der Waals surface area contributed by atoms with Gasteiger partial charge in [-0.15, -0.1) is 0 Å². The number of anilines is 1. The van der Waals surface area contributed by atoms with Crippen molar-refractivity contribution in [2.24, 2.45) is 17.3 Å². The van der Waals surface area contributed by atoms with E-state index in [9.17, 15) is 66.1 Å².